The molecule has 0 saturated carbocycles. The monoisotopic (exact) mass is 202 g/mol. The zero-order valence-electron chi connectivity index (χ0n) is 8.27. The number of fused-ring (bicyclic) bond motifs is 2. The van der Waals surface area contributed by atoms with Gasteiger partial charge in [0.25, 0.3) is 5.56 Å². The van der Waals surface area contributed by atoms with Crippen LogP contribution < -0.4 is 10.9 Å². The van der Waals surface area contributed by atoms with Gasteiger partial charge < -0.3 is 5.32 Å². The topological polar surface area (TPSA) is 59.8 Å². The zero-order valence-corrected chi connectivity index (χ0v) is 8.27. The smallest absolute Gasteiger partial charge is 0.264 e. The fourth-order valence-electron chi connectivity index (χ4n) is 1.90. The molecule has 3 rings (SSSR count). The molecule has 0 radical (unpaired) electrons. The average Bonchev–Trinajstić information content (AvgIpc) is 2.61. The van der Waals surface area contributed by atoms with Crippen molar-refractivity contribution in [1.82, 2.24) is 14.5 Å². The van der Waals surface area contributed by atoms with Crippen LogP contribution in [0.25, 0.3) is 11.0 Å². The van der Waals surface area contributed by atoms with Gasteiger partial charge >= 0.3 is 0 Å². The van der Waals surface area contributed by atoms with E-state index in [9.17, 15) is 4.79 Å². The number of rotatable bonds is 0. The highest BCUT2D eigenvalue weighted by molar-refractivity contribution is 5.74. The largest absolute Gasteiger partial charge is 0.353 e. The maximum atomic E-state index is 12.1. The molecule has 1 N–H and O–H groups in total. The van der Waals surface area contributed by atoms with Gasteiger partial charge in [0, 0.05) is 12.7 Å². The van der Waals surface area contributed by atoms with Crippen LogP contribution in [0.2, 0.25) is 0 Å². The quantitative estimate of drug-likeness (QED) is 0.685. The molecule has 76 valence electrons. The number of hydrogen-bond donors (Lipinski definition) is 1. The molecule has 3 heterocycles. The van der Waals surface area contributed by atoms with E-state index in [2.05, 4.69) is 15.3 Å². The lowest BCUT2D eigenvalue weighted by Gasteiger charge is -2.06. The van der Waals surface area contributed by atoms with Crippen LogP contribution >= 0.6 is 0 Å². The Bertz CT molecular complexity index is 589. The Kier molecular flexibility index (Phi) is 1.56. The minimum Gasteiger partial charge on any atom is -0.353 e. The van der Waals surface area contributed by atoms with E-state index >= 15 is 0 Å². The summed E-state index contributed by atoms with van der Waals surface area (Å²) >= 11 is 0. The van der Waals surface area contributed by atoms with Gasteiger partial charge in [-0.05, 0) is 19.1 Å². The molecule has 1 aliphatic rings. The maximum absolute atomic E-state index is 12.1. The number of hydrogen-bond acceptors (Lipinski definition) is 4. The van der Waals surface area contributed by atoms with Crippen LogP contribution in [0.5, 0.6) is 0 Å². The van der Waals surface area contributed by atoms with Gasteiger partial charge in [0.1, 0.15) is 0 Å². The molecule has 5 heteroatoms. The van der Waals surface area contributed by atoms with E-state index in [4.69, 9.17) is 0 Å². The Morgan fingerprint density at radius 1 is 1.60 bits per heavy atom. The molecule has 1 unspecified atom stereocenters. The van der Waals surface area contributed by atoms with E-state index in [1.807, 2.05) is 6.92 Å². The van der Waals surface area contributed by atoms with Crippen LogP contribution in [0.3, 0.4) is 0 Å². The first-order valence-electron chi connectivity index (χ1n) is 4.88. The number of nitrogens with zero attached hydrogens (tertiary/aromatic N) is 3. The highest BCUT2D eigenvalue weighted by atomic mass is 16.1. The maximum Gasteiger partial charge on any atom is 0.264 e. The van der Waals surface area contributed by atoms with Crippen LogP contribution in [0.15, 0.2) is 23.1 Å². The molecule has 0 spiro atoms. The lowest BCUT2D eigenvalue weighted by molar-refractivity contribution is 0.609. The van der Waals surface area contributed by atoms with Crippen molar-refractivity contribution in [3.05, 3.63) is 28.7 Å². The Hall–Kier alpha value is -1.91. The third kappa shape index (κ3) is 1.06. The van der Waals surface area contributed by atoms with Gasteiger partial charge in [-0.15, -0.1) is 0 Å². The second-order valence-electron chi connectivity index (χ2n) is 3.72. The van der Waals surface area contributed by atoms with E-state index in [1.165, 1.54) is 0 Å². The second kappa shape index (κ2) is 2.79. The van der Waals surface area contributed by atoms with Crippen LogP contribution in [0.1, 0.15) is 13.0 Å². The fraction of sp³-hybridized carbons (Fsp3) is 0.300. The lowest BCUT2D eigenvalue weighted by Crippen LogP contribution is -2.21. The summed E-state index contributed by atoms with van der Waals surface area (Å²) in [6.45, 7) is 2.74. The highest BCUT2D eigenvalue weighted by Gasteiger charge is 2.21. The normalized spacial score (nSPS) is 18.9. The molecular weight excluding hydrogens is 192 g/mol. The summed E-state index contributed by atoms with van der Waals surface area (Å²) in [5, 5.41) is 3.68. The molecule has 0 saturated heterocycles. The van der Waals surface area contributed by atoms with Crippen molar-refractivity contribution in [3.63, 3.8) is 0 Å². The number of nitrogens with one attached hydrogen (secondary N) is 1. The molecule has 0 amide bonds. The van der Waals surface area contributed by atoms with Crippen molar-refractivity contribution in [1.29, 1.82) is 0 Å². The molecule has 2 aromatic heterocycles. The SMILES string of the molecule is CC1CNc2nc3ncccc3c(=O)n21. The predicted molar refractivity (Wildman–Crippen MR) is 57.0 cm³/mol. The van der Waals surface area contributed by atoms with Crippen LogP contribution in [-0.2, 0) is 0 Å². The Morgan fingerprint density at radius 2 is 2.47 bits per heavy atom. The number of anilines is 1. The van der Waals surface area contributed by atoms with Crippen LogP contribution in [0, 0.1) is 0 Å². The number of pyridine rings is 1. The molecule has 0 aromatic carbocycles. The summed E-state index contributed by atoms with van der Waals surface area (Å²) in [4.78, 5) is 20.5. The third-order valence-corrected chi connectivity index (χ3v) is 2.67. The van der Waals surface area contributed by atoms with Crippen molar-refractivity contribution >= 4 is 17.0 Å². The van der Waals surface area contributed by atoms with E-state index in [1.54, 1.807) is 22.9 Å². The Balaban J connectivity index is 2.47. The summed E-state index contributed by atoms with van der Waals surface area (Å²) in [6.07, 6.45) is 1.64. The lowest BCUT2D eigenvalue weighted by atomic mass is 10.3. The van der Waals surface area contributed by atoms with Crippen molar-refractivity contribution in [2.75, 3.05) is 11.9 Å². The molecule has 1 atom stereocenters. The van der Waals surface area contributed by atoms with Gasteiger partial charge in [0.2, 0.25) is 5.95 Å². The minimum atomic E-state index is -0.0133. The molecule has 5 nitrogen and oxygen atoms in total. The van der Waals surface area contributed by atoms with Gasteiger partial charge in [0.15, 0.2) is 5.65 Å². The van der Waals surface area contributed by atoms with Crippen molar-refractivity contribution in [3.8, 4) is 0 Å². The molecule has 15 heavy (non-hydrogen) atoms. The summed E-state index contributed by atoms with van der Waals surface area (Å²) in [7, 11) is 0. The second-order valence-corrected chi connectivity index (χ2v) is 3.72. The van der Waals surface area contributed by atoms with E-state index in [0.717, 1.165) is 6.54 Å². The van der Waals surface area contributed by atoms with E-state index in [0.29, 0.717) is 17.0 Å². The first-order valence-corrected chi connectivity index (χ1v) is 4.88. The molecular formula is C10H10N4O. The van der Waals surface area contributed by atoms with Gasteiger partial charge in [-0.2, -0.15) is 4.98 Å². The summed E-state index contributed by atoms with van der Waals surface area (Å²) in [5.41, 5.74) is 0.496. The van der Waals surface area contributed by atoms with Gasteiger partial charge in [-0.3, -0.25) is 9.36 Å². The summed E-state index contributed by atoms with van der Waals surface area (Å²) in [5.74, 6) is 0.624. The van der Waals surface area contributed by atoms with Crippen LogP contribution in [0.4, 0.5) is 5.95 Å². The van der Waals surface area contributed by atoms with Crippen molar-refractivity contribution in [2.45, 2.75) is 13.0 Å². The zero-order chi connectivity index (χ0) is 10.4. The van der Waals surface area contributed by atoms with E-state index in [-0.39, 0.29) is 11.6 Å². The summed E-state index contributed by atoms with van der Waals surface area (Å²) < 4.78 is 1.68. The third-order valence-electron chi connectivity index (χ3n) is 2.67. The van der Waals surface area contributed by atoms with Crippen molar-refractivity contribution in [2.24, 2.45) is 0 Å². The van der Waals surface area contributed by atoms with E-state index < -0.39 is 0 Å². The standard InChI is InChI=1S/C10H10N4O/c1-6-5-12-10-13-8-7(3-2-4-11-8)9(15)14(6)10/h2-4,6H,5H2,1H3,(H,11,12,13). The molecule has 1 aliphatic heterocycles. The van der Waals surface area contributed by atoms with Crippen molar-refractivity contribution < 1.29 is 0 Å². The fourth-order valence-corrected chi connectivity index (χ4v) is 1.90. The first-order chi connectivity index (χ1) is 7.27. The van der Waals surface area contributed by atoms with Gasteiger partial charge in [-0.25, -0.2) is 4.98 Å². The molecule has 2 aromatic rings. The van der Waals surface area contributed by atoms with Gasteiger partial charge in [0.05, 0.1) is 11.4 Å². The first kappa shape index (κ1) is 8.40. The predicted octanol–water partition coefficient (Wildman–Crippen LogP) is 0.778. The Labute approximate surface area is 85.8 Å². The molecule has 0 aliphatic carbocycles. The summed E-state index contributed by atoms with van der Waals surface area (Å²) in [6, 6.07) is 3.67. The molecule has 0 fully saturated rings. The highest BCUT2D eigenvalue weighted by Crippen LogP contribution is 2.19. The molecule has 0 bridgehead atoms. The van der Waals surface area contributed by atoms with Crippen LogP contribution in [-0.4, -0.2) is 21.1 Å². The average molecular weight is 202 g/mol. The number of aromatic nitrogens is 3. The Morgan fingerprint density at radius 3 is 3.33 bits per heavy atom. The minimum absolute atomic E-state index is 0.0133. The van der Waals surface area contributed by atoms with Gasteiger partial charge in [-0.1, -0.05) is 0 Å².